The first-order valence-electron chi connectivity index (χ1n) is 5.65. The van der Waals surface area contributed by atoms with E-state index in [0.717, 1.165) is 5.56 Å². The van der Waals surface area contributed by atoms with Gasteiger partial charge in [0, 0.05) is 12.5 Å². The molecule has 2 rings (SSSR count). The van der Waals surface area contributed by atoms with E-state index in [4.69, 9.17) is 5.73 Å². The molecule has 0 aliphatic heterocycles. The quantitative estimate of drug-likeness (QED) is 0.914. The number of thiophene rings is 1. The minimum absolute atomic E-state index is 0.0635. The number of sulfone groups is 1. The van der Waals surface area contributed by atoms with Crippen LogP contribution in [-0.2, 0) is 9.84 Å². The summed E-state index contributed by atoms with van der Waals surface area (Å²) in [5.41, 5.74) is 6.68. The Bertz CT molecular complexity index is 577. The molecular weight excluding hydrogens is 266 g/mol. The molecule has 18 heavy (non-hydrogen) atoms. The van der Waals surface area contributed by atoms with Crippen molar-refractivity contribution in [3.05, 3.63) is 53.4 Å². The van der Waals surface area contributed by atoms with Crippen molar-refractivity contribution in [2.24, 2.45) is 5.73 Å². The highest BCUT2D eigenvalue weighted by Crippen LogP contribution is 2.23. The molecule has 0 amide bonds. The van der Waals surface area contributed by atoms with E-state index in [9.17, 15) is 8.42 Å². The second-order valence-corrected chi connectivity index (χ2v) is 7.27. The third kappa shape index (κ3) is 2.98. The third-order valence-corrected chi connectivity index (χ3v) is 6.08. The van der Waals surface area contributed by atoms with Crippen molar-refractivity contribution in [3.8, 4) is 0 Å². The predicted molar refractivity (Wildman–Crippen MR) is 74.6 cm³/mol. The maximum Gasteiger partial charge on any atom is 0.188 e. The Labute approximate surface area is 111 Å². The first-order valence-corrected chi connectivity index (χ1v) is 8.18. The topological polar surface area (TPSA) is 60.2 Å². The van der Waals surface area contributed by atoms with Crippen molar-refractivity contribution in [1.29, 1.82) is 0 Å². The Hall–Kier alpha value is -1.17. The van der Waals surface area contributed by atoms with Crippen LogP contribution in [0.1, 0.15) is 11.5 Å². The van der Waals surface area contributed by atoms with Crippen molar-refractivity contribution in [1.82, 2.24) is 0 Å². The van der Waals surface area contributed by atoms with Crippen molar-refractivity contribution in [3.63, 3.8) is 0 Å². The molecule has 1 unspecified atom stereocenters. The van der Waals surface area contributed by atoms with Crippen LogP contribution in [-0.4, -0.2) is 20.7 Å². The lowest BCUT2D eigenvalue weighted by atomic mass is 10.0. The molecule has 0 aliphatic carbocycles. The molecule has 1 aromatic heterocycles. The zero-order valence-electron chi connectivity index (χ0n) is 9.82. The summed E-state index contributed by atoms with van der Waals surface area (Å²) >= 11 is 1.25. The minimum atomic E-state index is -3.24. The SMILES string of the molecule is NCC(CS(=O)(=O)c1cccs1)c1ccccc1. The van der Waals surface area contributed by atoms with Crippen LogP contribution in [0, 0.1) is 0 Å². The van der Waals surface area contributed by atoms with E-state index in [0.29, 0.717) is 10.8 Å². The first kappa shape index (κ1) is 13.3. The molecule has 2 N–H and O–H groups in total. The largest absolute Gasteiger partial charge is 0.330 e. The predicted octanol–water partition coefficient (Wildman–Crippen LogP) is 2.26. The summed E-state index contributed by atoms with van der Waals surface area (Å²) in [6.45, 7) is 0.328. The summed E-state index contributed by atoms with van der Waals surface area (Å²) in [5, 5.41) is 1.77. The van der Waals surface area contributed by atoms with E-state index in [-0.39, 0.29) is 11.7 Å². The number of hydrogen-bond donors (Lipinski definition) is 1. The lowest BCUT2D eigenvalue weighted by Crippen LogP contribution is -2.21. The highest BCUT2D eigenvalue weighted by atomic mass is 32.2. The van der Waals surface area contributed by atoms with E-state index >= 15 is 0 Å². The maximum absolute atomic E-state index is 12.2. The number of benzene rings is 1. The standard InChI is InChI=1S/C13H15NO2S2/c14-9-12(11-5-2-1-3-6-11)10-18(15,16)13-7-4-8-17-13/h1-8,12H,9-10,14H2. The van der Waals surface area contributed by atoms with Gasteiger partial charge >= 0.3 is 0 Å². The maximum atomic E-state index is 12.2. The Balaban J connectivity index is 2.22. The molecule has 0 bridgehead atoms. The van der Waals surface area contributed by atoms with Gasteiger partial charge in [0.2, 0.25) is 0 Å². The molecule has 1 atom stereocenters. The number of nitrogens with two attached hydrogens (primary N) is 1. The zero-order valence-corrected chi connectivity index (χ0v) is 11.5. The second-order valence-electron chi connectivity index (χ2n) is 4.06. The zero-order chi connectivity index (χ0) is 13.0. The smallest absolute Gasteiger partial charge is 0.188 e. The monoisotopic (exact) mass is 281 g/mol. The van der Waals surface area contributed by atoms with E-state index < -0.39 is 9.84 Å². The van der Waals surface area contributed by atoms with Gasteiger partial charge in [-0.3, -0.25) is 0 Å². The van der Waals surface area contributed by atoms with Crippen molar-refractivity contribution >= 4 is 21.2 Å². The van der Waals surface area contributed by atoms with Gasteiger partial charge in [-0.25, -0.2) is 8.42 Å². The van der Waals surface area contributed by atoms with Gasteiger partial charge in [-0.1, -0.05) is 36.4 Å². The fourth-order valence-electron chi connectivity index (χ4n) is 1.81. The van der Waals surface area contributed by atoms with Gasteiger partial charge in [0.05, 0.1) is 5.75 Å². The lowest BCUT2D eigenvalue weighted by molar-refractivity contribution is 0.589. The van der Waals surface area contributed by atoms with Gasteiger partial charge in [-0.05, 0) is 17.0 Å². The molecule has 0 fully saturated rings. The van der Waals surface area contributed by atoms with Crippen LogP contribution in [0.4, 0.5) is 0 Å². The average Bonchev–Trinajstić information content (AvgIpc) is 2.92. The molecule has 5 heteroatoms. The summed E-state index contributed by atoms with van der Waals surface area (Å²) in [6.07, 6.45) is 0. The van der Waals surface area contributed by atoms with Crippen LogP contribution in [0.15, 0.2) is 52.1 Å². The van der Waals surface area contributed by atoms with Gasteiger partial charge in [-0.2, -0.15) is 0 Å². The minimum Gasteiger partial charge on any atom is -0.330 e. The lowest BCUT2D eigenvalue weighted by Gasteiger charge is -2.14. The van der Waals surface area contributed by atoms with Gasteiger partial charge < -0.3 is 5.73 Å². The van der Waals surface area contributed by atoms with E-state index in [1.807, 2.05) is 30.3 Å². The second kappa shape index (κ2) is 5.65. The fourth-order valence-corrected chi connectivity index (χ4v) is 4.53. The third-order valence-electron chi connectivity index (χ3n) is 2.78. The Morgan fingerprint density at radius 2 is 1.83 bits per heavy atom. The first-order chi connectivity index (χ1) is 8.63. The van der Waals surface area contributed by atoms with E-state index in [1.54, 1.807) is 17.5 Å². The van der Waals surface area contributed by atoms with E-state index in [1.165, 1.54) is 11.3 Å². The van der Waals surface area contributed by atoms with Crippen LogP contribution in [0.3, 0.4) is 0 Å². The van der Waals surface area contributed by atoms with Crippen LogP contribution < -0.4 is 5.73 Å². The van der Waals surface area contributed by atoms with Crippen LogP contribution in [0.2, 0.25) is 0 Å². The number of rotatable bonds is 5. The molecule has 0 spiro atoms. The summed E-state index contributed by atoms with van der Waals surface area (Å²) in [6, 6.07) is 12.9. The molecule has 1 aromatic carbocycles. The van der Waals surface area contributed by atoms with Gasteiger partial charge in [-0.15, -0.1) is 11.3 Å². The normalized spacial score (nSPS) is 13.4. The highest BCUT2D eigenvalue weighted by molar-refractivity contribution is 7.93. The van der Waals surface area contributed by atoms with Crippen LogP contribution in [0.5, 0.6) is 0 Å². The summed E-state index contributed by atoms with van der Waals surface area (Å²) in [4.78, 5) is 0. The average molecular weight is 281 g/mol. The summed E-state index contributed by atoms with van der Waals surface area (Å²) in [7, 11) is -3.24. The molecule has 0 radical (unpaired) electrons. The van der Waals surface area contributed by atoms with Crippen molar-refractivity contribution < 1.29 is 8.42 Å². The fraction of sp³-hybridized carbons (Fsp3) is 0.231. The highest BCUT2D eigenvalue weighted by Gasteiger charge is 2.22. The van der Waals surface area contributed by atoms with Crippen molar-refractivity contribution in [2.45, 2.75) is 10.1 Å². The molecule has 2 aromatic rings. The van der Waals surface area contributed by atoms with Gasteiger partial charge in [0.1, 0.15) is 4.21 Å². The van der Waals surface area contributed by atoms with E-state index in [2.05, 4.69) is 0 Å². The van der Waals surface area contributed by atoms with Crippen LogP contribution in [0.25, 0.3) is 0 Å². The number of hydrogen-bond acceptors (Lipinski definition) is 4. The molecule has 96 valence electrons. The summed E-state index contributed by atoms with van der Waals surface area (Å²) in [5.74, 6) is -0.0908. The van der Waals surface area contributed by atoms with Gasteiger partial charge in [0.15, 0.2) is 9.84 Å². The molecule has 0 aliphatic rings. The summed E-state index contributed by atoms with van der Waals surface area (Å²) < 4.78 is 24.8. The molecular formula is C13H15NO2S2. The molecule has 1 heterocycles. The van der Waals surface area contributed by atoms with Gasteiger partial charge in [0.25, 0.3) is 0 Å². The van der Waals surface area contributed by atoms with Crippen LogP contribution >= 0.6 is 11.3 Å². The molecule has 0 saturated carbocycles. The Morgan fingerprint density at radius 1 is 1.11 bits per heavy atom. The molecule has 3 nitrogen and oxygen atoms in total. The Morgan fingerprint density at radius 3 is 2.39 bits per heavy atom. The van der Waals surface area contributed by atoms with Crippen molar-refractivity contribution in [2.75, 3.05) is 12.3 Å². The Kier molecular flexibility index (Phi) is 4.16. The molecule has 0 saturated heterocycles.